The van der Waals surface area contributed by atoms with E-state index < -0.39 is 36.8 Å². The number of aldehydes is 2. The van der Waals surface area contributed by atoms with Crippen molar-refractivity contribution in [3.63, 3.8) is 0 Å². The fourth-order valence-electron chi connectivity index (χ4n) is 0.705. The van der Waals surface area contributed by atoms with Crippen LogP contribution in [0, 0.1) is 5.41 Å². The molecule has 0 aliphatic heterocycles. The first-order valence-corrected chi connectivity index (χ1v) is 3.16. The Morgan fingerprint density at radius 1 is 0.857 bits per heavy atom. The number of carbonyl (C=O) groups excluding carboxylic acids is 2. The molecule has 0 radical (unpaired) electrons. The predicted octanol–water partition coefficient (Wildman–Crippen LogP) is 1.89. The normalized spacial score (nSPS) is 13.9. The fraction of sp³-hybridized carbons (Fsp3) is 0.667. The van der Waals surface area contributed by atoms with Gasteiger partial charge in [0.25, 0.3) is 0 Å². The first-order valence-electron chi connectivity index (χ1n) is 3.16. The van der Waals surface area contributed by atoms with Gasteiger partial charge in [0.15, 0.2) is 0 Å². The van der Waals surface area contributed by atoms with E-state index in [2.05, 4.69) is 0 Å². The van der Waals surface area contributed by atoms with Gasteiger partial charge < -0.3 is 9.59 Å². The van der Waals surface area contributed by atoms with Crippen LogP contribution in [0.5, 0.6) is 0 Å². The van der Waals surface area contributed by atoms with Crippen molar-refractivity contribution in [2.45, 2.75) is 18.8 Å². The molecule has 0 N–H and O–H groups in total. The highest BCUT2D eigenvalue weighted by Crippen LogP contribution is 2.50. The average molecular weight is 222 g/mol. The van der Waals surface area contributed by atoms with E-state index in [-0.39, 0.29) is 0 Å². The molecule has 0 aliphatic rings. The molecule has 0 fully saturated rings. The van der Waals surface area contributed by atoms with Gasteiger partial charge in [0.1, 0.15) is 12.6 Å². The van der Waals surface area contributed by atoms with Gasteiger partial charge in [0.05, 0.1) is 0 Å². The molecule has 0 aliphatic carbocycles. The van der Waals surface area contributed by atoms with Crippen LogP contribution in [0.1, 0.15) is 6.42 Å². The highest BCUT2D eigenvalue weighted by Gasteiger charge is 2.70. The smallest absolute Gasteiger partial charge is 0.303 e. The molecule has 0 rings (SSSR count). The second kappa shape index (κ2) is 3.58. The third-order valence-electron chi connectivity index (χ3n) is 1.62. The van der Waals surface area contributed by atoms with Crippen molar-refractivity contribution in [3.05, 3.63) is 0 Å². The molecule has 0 atom stereocenters. The number of hydrogen-bond acceptors (Lipinski definition) is 2. The topological polar surface area (TPSA) is 34.1 Å². The summed E-state index contributed by atoms with van der Waals surface area (Å²) in [6.45, 7) is 0. The zero-order chi connectivity index (χ0) is 11.6. The molecule has 0 aromatic heterocycles. The summed E-state index contributed by atoms with van der Waals surface area (Å²) >= 11 is 0. The Bertz CT molecular complexity index is 213. The largest absolute Gasteiger partial charge is 0.410 e. The molecule has 8 heteroatoms. The number of hydrogen-bond donors (Lipinski definition) is 0. The van der Waals surface area contributed by atoms with Crippen molar-refractivity contribution in [3.8, 4) is 0 Å². The molecular formula is C6H4F6O2. The Kier molecular flexibility index (Phi) is 3.31. The zero-order valence-electron chi connectivity index (χ0n) is 6.45. The molecule has 82 valence electrons. The molecule has 0 spiro atoms. The maximum atomic E-state index is 11.9. The van der Waals surface area contributed by atoms with E-state index in [1.807, 2.05) is 0 Å². The van der Waals surface area contributed by atoms with Crippen LogP contribution in [0.15, 0.2) is 0 Å². The van der Waals surface area contributed by atoms with Gasteiger partial charge in [-0.15, -0.1) is 0 Å². The van der Waals surface area contributed by atoms with E-state index in [0.29, 0.717) is 0 Å². The van der Waals surface area contributed by atoms with Crippen LogP contribution in [-0.2, 0) is 9.59 Å². The van der Waals surface area contributed by atoms with Crippen LogP contribution in [-0.4, -0.2) is 24.9 Å². The van der Waals surface area contributed by atoms with E-state index in [0.717, 1.165) is 0 Å². The number of alkyl halides is 6. The first kappa shape index (κ1) is 12.9. The van der Waals surface area contributed by atoms with Crippen molar-refractivity contribution in [2.24, 2.45) is 5.41 Å². The fourth-order valence-corrected chi connectivity index (χ4v) is 0.705. The summed E-state index contributed by atoms with van der Waals surface area (Å²) in [5, 5.41) is 0. The summed E-state index contributed by atoms with van der Waals surface area (Å²) in [6.07, 6.45) is -15.5. The van der Waals surface area contributed by atoms with Crippen molar-refractivity contribution in [1.29, 1.82) is 0 Å². The average Bonchev–Trinajstić information content (AvgIpc) is 1.94. The quantitative estimate of drug-likeness (QED) is 0.539. The molecule has 14 heavy (non-hydrogen) atoms. The van der Waals surface area contributed by atoms with E-state index >= 15 is 0 Å². The monoisotopic (exact) mass is 222 g/mol. The number of rotatable bonds is 3. The Labute approximate surface area is 73.9 Å². The molecule has 0 saturated heterocycles. The third-order valence-corrected chi connectivity index (χ3v) is 1.62. The van der Waals surface area contributed by atoms with Crippen LogP contribution in [0.3, 0.4) is 0 Å². The summed E-state index contributed by atoms with van der Waals surface area (Å²) in [4.78, 5) is 19.6. The highest BCUT2D eigenvalue weighted by atomic mass is 19.4. The number of halogens is 6. The van der Waals surface area contributed by atoms with Crippen molar-refractivity contribution >= 4 is 12.6 Å². The minimum atomic E-state index is -5.83. The Morgan fingerprint density at radius 3 is 1.29 bits per heavy atom. The van der Waals surface area contributed by atoms with Crippen LogP contribution in [0.25, 0.3) is 0 Å². The summed E-state index contributed by atoms with van der Waals surface area (Å²) < 4.78 is 71.7. The molecule has 0 aromatic rings. The van der Waals surface area contributed by atoms with E-state index in [1.54, 1.807) is 0 Å². The molecule has 0 heterocycles. The van der Waals surface area contributed by atoms with Gasteiger partial charge in [-0.1, -0.05) is 0 Å². The maximum absolute atomic E-state index is 11.9. The Hall–Kier alpha value is -1.08. The van der Waals surface area contributed by atoms with Gasteiger partial charge in [0.2, 0.25) is 5.41 Å². The lowest BCUT2D eigenvalue weighted by atomic mass is 9.85. The summed E-state index contributed by atoms with van der Waals surface area (Å²) in [7, 11) is 0. The van der Waals surface area contributed by atoms with E-state index in [4.69, 9.17) is 0 Å². The lowest BCUT2D eigenvalue weighted by Gasteiger charge is -2.30. The summed E-state index contributed by atoms with van der Waals surface area (Å²) in [5.74, 6) is 0. The van der Waals surface area contributed by atoms with Crippen LogP contribution in [0.4, 0.5) is 26.3 Å². The van der Waals surface area contributed by atoms with Crippen molar-refractivity contribution < 1.29 is 35.9 Å². The SMILES string of the molecule is O=CCC(C=O)(C(F)(F)F)C(F)(F)F. The molecule has 0 bridgehead atoms. The van der Waals surface area contributed by atoms with Gasteiger partial charge in [0, 0.05) is 6.42 Å². The van der Waals surface area contributed by atoms with Gasteiger partial charge in [-0.25, -0.2) is 0 Å². The lowest BCUT2D eigenvalue weighted by molar-refractivity contribution is -0.319. The second-order valence-electron chi connectivity index (χ2n) is 2.46. The van der Waals surface area contributed by atoms with Crippen LogP contribution >= 0.6 is 0 Å². The standard InChI is InChI=1S/C6H4F6O2/c7-5(8,9)4(3-14,1-2-13)6(10,11)12/h2-3H,1H2. The molecule has 0 amide bonds. The predicted molar refractivity (Wildman–Crippen MR) is 31.3 cm³/mol. The first-order chi connectivity index (χ1) is 6.12. The number of carbonyl (C=O) groups is 2. The molecule has 0 aromatic carbocycles. The van der Waals surface area contributed by atoms with Crippen molar-refractivity contribution in [1.82, 2.24) is 0 Å². The van der Waals surface area contributed by atoms with Crippen LogP contribution < -0.4 is 0 Å². The lowest BCUT2D eigenvalue weighted by Crippen LogP contribution is -2.51. The second-order valence-corrected chi connectivity index (χ2v) is 2.46. The minimum absolute atomic E-state index is 0.588. The van der Waals surface area contributed by atoms with Gasteiger partial charge in [-0.3, -0.25) is 0 Å². The minimum Gasteiger partial charge on any atom is -0.303 e. The maximum Gasteiger partial charge on any atom is 0.410 e. The van der Waals surface area contributed by atoms with E-state index in [1.165, 1.54) is 0 Å². The Balaban J connectivity index is 5.43. The zero-order valence-corrected chi connectivity index (χ0v) is 6.45. The molecule has 0 unspecified atom stereocenters. The highest BCUT2D eigenvalue weighted by molar-refractivity contribution is 5.69. The van der Waals surface area contributed by atoms with Crippen LogP contribution in [0.2, 0.25) is 0 Å². The van der Waals surface area contributed by atoms with Gasteiger partial charge in [-0.05, 0) is 0 Å². The summed E-state index contributed by atoms with van der Waals surface area (Å²) in [6, 6.07) is 0. The third kappa shape index (κ3) is 1.88. The molecular weight excluding hydrogens is 218 g/mol. The van der Waals surface area contributed by atoms with Gasteiger partial charge >= 0.3 is 12.4 Å². The van der Waals surface area contributed by atoms with Crippen molar-refractivity contribution in [2.75, 3.05) is 0 Å². The molecule has 0 saturated carbocycles. The Morgan fingerprint density at radius 2 is 1.21 bits per heavy atom. The van der Waals surface area contributed by atoms with E-state index in [9.17, 15) is 35.9 Å². The molecule has 2 nitrogen and oxygen atoms in total. The van der Waals surface area contributed by atoms with Gasteiger partial charge in [-0.2, -0.15) is 26.3 Å². The summed E-state index contributed by atoms with van der Waals surface area (Å²) in [5.41, 5.74) is -4.58.